The number of rotatable bonds is 6. The van der Waals surface area contributed by atoms with E-state index in [9.17, 15) is 14.4 Å². The summed E-state index contributed by atoms with van der Waals surface area (Å²) in [4.78, 5) is 37.6. The van der Waals surface area contributed by atoms with E-state index in [1.165, 1.54) is 0 Å². The highest BCUT2D eigenvalue weighted by molar-refractivity contribution is 6.04. The molecular weight excluding hydrogens is 356 g/mol. The molecule has 0 saturated carbocycles. The van der Waals surface area contributed by atoms with Crippen molar-refractivity contribution in [2.45, 2.75) is 18.9 Å². The molecule has 7 heteroatoms. The number of primary amides is 1. The van der Waals surface area contributed by atoms with Gasteiger partial charge in [0, 0.05) is 35.9 Å². The number of nitrogens with zero attached hydrogens (tertiary/aromatic N) is 1. The predicted molar refractivity (Wildman–Crippen MR) is 107 cm³/mol. The first-order chi connectivity index (χ1) is 13.5. The summed E-state index contributed by atoms with van der Waals surface area (Å²) in [6, 6.07) is 15.8. The van der Waals surface area contributed by atoms with Gasteiger partial charge < -0.3 is 16.4 Å². The number of likely N-dealkylation sites (tertiary alicyclic amines) is 1. The van der Waals surface area contributed by atoms with Crippen LogP contribution in [-0.4, -0.2) is 48.3 Å². The summed E-state index contributed by atoms with van der Waals surface area (Å²) in [7, 11) is 0. The van der Waals surface area contributed by atoms with E-state index < -0.39 is 0 Å². The van der Waals surface area contributed by atoms with Gasteiger partial charge in [0.1, 0.15) is 0 Å². The Labute approximate surface area is 163 Å². The Hall–Kier alpha value is -3.19. The maximum absolute atomic E-state index is 12.4. The Morgan fingerprint density at radius 3 is 2.11 bits per heavy atom. The van der Waals surface area contributed by atoms with Crippen molar-refractivity contribution in [3.63, 3.8) is 0 Å². The summed E-state index contributed by atoms with van der Waals surface area (Å²) in [5.74, 6) is -0.670. The van der Waals surface area contributed by atoms with Crippen LogP contribution in [0.4, 0.5) is 5.69 Å². The van der Waals surface area contributed by atoms with Crippen molar-refractivity contribution in [3.8, 4) is 0 Å². The van der Waals surface area contributed by atoms with Crippen LogP contribution in [0.1, 0.15) is 33.6 Å². The Balaban J connectivity index is 1.50. The fraction of sp³-hybridized carbons (Fsp3) is 0.286. The molecule has 146 valence electrons. The molecule has 1 saturated heterocycles. The van der Waals surface area contributed by atoms with Crippen LogP contribution in [0.3, 0.4) is 0 Å². The quantitative estimate of drug-likeness (QED) is 0.708. The zero-order valence-corrected chi connectivity index (χ0v) is 15.6. The van der Waals surface area contributed by atoms with Gasteiger partial charge in [0.2, 0.25) is 5.91 Å². The number of hydrogen-bond acceptors (Lipinski definition) is 4. The zero-order valence-electron chi connectivity index (χ0n) is 15.6. The first kappa shape index (κ1) is 19.6. The van der Waals surface area contributed by atoms with E-state index in [1.807, 2.05) is 11.0 Å². The Morgan fingerprint density at radius 1 is 0.893 bits per heavy atom. The zero-order chi connectivity index (χ0) is 19.9. The summed E-state index contributed by atoms with van der Waals surface area (Å²) in [6.45, 7) is 1.73. The first-order valence-electron chi connectivity index (χ1n) is 9.29. The van der Waals surface area contributed by atoms with Gasteiger partial charge in [-0.2, -0.15) is 0 Å². The van der Waals surface area contributed by atoms with Crippen LogP contribution >= 0.6 is 0 Å². The third kappa shape index (κ3) is 5.40. The van der Waals surface area contributed by atoms with E-state index in [2.05, 4.69) is 10.6 Å². The molecule has 0 aromatic heterocycles. The highest BCUT2D eigenvalue weighted by Gasteiger charge is 2.21. The van der Waals surface area contributed by atoms with Crippen molar-refractivity contribution in [1.29, 1.82) is 0 Å². The molecule has 3 rings (SSSR count). The number of piperidine rings is 1. The van der Waals surface area contributed by atoms with E-state index in [1.54, 1.807) is 48.5 Å². The molecule has 2 aromatic carbocycles. The van der Waals surface area contributed by atoms with Crippen LogP contribution in [-0.2, 0) is 4.79 Å². The van der Waals surface area contributed by atoms with Gasteiger partial charge >= 0.3 is 0 Å². The van der Waals surface area contributed by atoms with E-state index in [4.69, 9.17) is 5.73 Å². The molecule has 0 unspecified atom stereocenters. The van der Waals surface area contributed by atoms with Gasteiger partial charge in [-0.1, -0.05) is 18.2 Å². The van der Waals surface area contributed by atoms with Gasteiger partial charge in [-0.25, -0.2) is 0 Å². The number of nitrogens with two attached hydrogens (primary N) is 1. The number of carbonyl (C=O) groups is 3. The molecule has 2 aromatic rings. The molecule has 0 spiro atoms. The molecule has 28 heavy (non-hydrogen) atoms. The molecule has 0 radical (unpaired) electrons. The largest absolute Gasteiger partial charge is 0.369 e. The third-order valence-electron chi connectivity index (χ3n) is 4.74. The number of carbonyl (C=O) groups excluding carboxylic acids is 3. The maximum Gasteiger partial charge on any atom is 0.255 e. The molecular formula is C21H24N4O3. The van der Waals surface area contributed by atoms with Gasteiger partial charge in [-0.3, -0.25) is 19.3 Å². The van der Waals surface area contributed by atoms with E-state index in [0.717, 1.165) is 25.9 Å². The second-order valence-corrected chi connectivity index (χ2v) is 6.89. The van der Waals surface area contributed by atoms with E-state index >= 15 is 0 Å². The number of benzene rings is 2. The summed E-state index contributed by atoms with van der Waals surface area (Å²) < 4.78 is 0. The fourth-order valence-corrected chi connectivity index (χ4v) is 3.22. The molecule has 0 bridgehead atoms. The normalized spacial score (nSPS) is 15.0. The van der Waals surface area contributed by atoms with Crippen LogP contribution in [0, 0.1) is 0 Å². The fourth-order valence-electron chi connectivity index (χ4n) is 3.22. The summed E-state index contributed by atoms with van der Waals surface area (Å²) in [6.07, 6.45) is 1.56. The SMILES string of the molecule is NC(=O)CN1CCC(NC(=O)c2ccc(NC(=O)c3ccccc3)cc2)CC1. The molecule has 1 aliphatic heterocycles. The Bertz CT molecular complexity index is 828. The molecule has 3 amide bonds. The lowest BCUT2D eigenvalue weighted by Crippen LogP contribution is -2.46. The molecule has 0 atom stereocenters. The third-order valence-corrected chi connectivity index (χ3v) is 4.74. The smallest absolute Gasteiger partial charge is 0.255 e. The van der Waals surface area contributed by atoms with Crippen LogP contribution < -0.4 is 16.4 Å². The molecule has 4 N–H and O–H groups in total. The molecule has 1 heterocycles. The summed E-state index contributed by atoms with van der Waals surface area (Å²) in [5.41, 5.74) is 6.96. The molecule has 0 aliphatic carbocycles. The Morgan fingerprint density at radius 2 is 1.50 bits per heavy atom. The van der Waals surface area contributed by atoms with Crippen LogP contribution in [0.15, 0.2) is 54.6 Å². The number of nitrogens with one attached hydrogen (secondary N) is 2. The highest BCUT2D eigenvalue weighted by Crippen LogP contribution is 2.14. The highest BCUT2D eigenvalue weighted by atomic mass is 16.2. The van der Waals surface area contributed by atoms with E-state index in [-0.39, 0.29) is 30.3 Å². The van der Waals surface area contributed by atoms with Crippen molar-refractivity contribution in [3.05, 3.63) is 65.7 Å². The molecule has 7 nitrogen and oxygen atoms in total. The van der Waals surface area contributed by atoms with Crippen molar-refractivity contribution in [2.75, 3.05) is 25.0 Å². The van der Waals surface area contributed by atoms with Gasteiger partial charge in [0.25, 0.3) is 11.8 Å². The summed E-state index contributed by atoms with van der Waals surface area (Å²) in [5, 5.41) is 5.84. The molecule has 1 aliphatic rings. The number of amides is 3. The van der Waals surface area contributed by atoms with Gasteiger partial charge in [0.15, 0.2) is 0 Å². The second-order valence-electron chi connectivity index (χ2n) is 6.89. The first-order valence-corrected chi connectivity index (χ1v) is 9.29. The lowest BCUT2D eigenvalue weighted by molar-refractivity contribution is -0.119. The van der Waals surface area contributed by atoms with Crippen molar-refractivity contribution in [2.24, 2.45) is 5.73 Å². The average molecular weight is 380 g/mol. The predicted octanol–water partition coefficient (Wildman–Crippen LogP) is 1.62. The van der Waals surface area contributed by atoms with Crippen molar-refractivity contribution in [1.82, 2.24) is 10.2 Å². The minimum atomic E-state index is -0.332. The van der Waals surface area contributed by atoms with Gasteiger partial charge in [-0.05, 0) is 49.2 Å². The monoisotopic (exact) mass is 380 g/mol. The molecule has 1 fully saturated rings. The van der Waals surface area contributed by atoms with Crippen LogP contribution in [0.25, 0.3) is 0 Å². The van der Waals surface area contributed by atoms with Crippen molar-refractivity contribution < 1.29 is 14.4 Å². The van der Waals surface area contributed by atoms with Gasteiger partial charge in [-0.15, -0.1) is 0 Å². The average Bonchev–Trinajstić information content (AvgIpc) is 2.70. The second kappa shape index (κ2) is 9.14. The van der Waals surface area contributed by atoms with Crippen LogP contribution in [0.5, 0.6) is 0 Å². The number of anilines is 1. The number of hydrogen-bond donors (Lipinski definition) is 3. The minimum absolute atomic E-state index is 0.0779. The summed E-state index contributed by atoms with van der Waals surface area (Å²) >= 11 is 0. The standard InChI is InChI=1S/C21H24N4O3/c22-19(26)14-25-12-10-18(11-13-25)24-21(28)16-6-8-17(9-7-16)23-20(27)15-4-2-1-3-5-15/h1-9,18H,10-14H2,(H2,22,26)(H,23,27)(H,24,28). The van der Waals surface area contributed by atoms with Crippen molar-refractivity contribution >= 4 is 23.4 Å². The van der Waals surface area contributed by atoms with Gasteiger partial charge in [0.05, 0.1) is 6.54 Å². The topological polar surface area (TPSA) is 105 Å². The maximum atomic E-state index is 12.4. The van der Waals surface area contributed by atoms with E-state index in [0.29, 0.717) is 16.8 Å². The Kier molecular flexibility index (Phi) is 6.39. The lowest BCUT2D eigenvalue weighted by Gasteiger charge is -2.31. The minimum Gasteiger partial charge on any atom is -0.369 e. The lowest BCUT2D eigenvalue weighted by atomic mass is 10.0. The van der Waals surface area contributed by atoms with Crippen LogP contribution in [0.2, 0.25) is 0 Å².